The number of piperidine rings is 1. The van der Waals surface area contributed by atoms with Crippen LogP contribution < -0.4 is 10.6 Å². The van der Waals surface area contributed by atoms with Crippen molar-refractivity contribution < 1.29 is 14.6 Å². The van der Waals surface area contributed by atoms with Crippen molar-refractivity contribution in [3.05, 3.63) is 30.3 Å². The van der Waals surface area contributed by atoms with E-state index in [1.54, 1.807) is 6.07 Å². The van der Waals surface area contributed by atoms with Crippen LogP contribution in [0.3, 0.4) is 0 Å². The monoisotopic (exact) mass is 632 g/mol. The van der Waals surface area contributed by atoms with Gasteiger partial charge in [-0.05, 0) is 90.0 Å². The Labute approximate surface area is 273 Å². The number of aromatic nitrogens is 2. The number of fused-ring (bicyclic) bond motifs is 2. The molecule has 46 heavy (non-hydrogen) atoms. The molecule has 11 heteroatoms. The minimum atomic E-state index is -0.442. The van der Waals surface area contributed by atoms with E-state index < -0.39 is 5.60 Å². The molecule has 2 aromatic rings. The molecule has 0 radical (unpaired) electrons. The van der Waals surface area contributed by atoms with Gasteiger partial charge in [0.1, 0.15) is 11.4 Å². The fourth-order valence-electron chi connectivity index (χ4n) is 8.79. The van der Waals surface area contributed by atoms with E-state index in [0.29, 0.717) is 46.7 Å². The Morgan fingerprint density at radius 3 is 2.37 bits per heavy atom. The zero-order valence-electron chi connectivity index (χ0n) is 28.1. The molecule has 5 fully saturated rings. The summed E-state index contributed by atoms with van der Waals surface area (Å²) in [6.07, 6.45) is 6.97. The second-order valence-corrected chi connectivity index (χ2v) is 15.7. The van der Waals surface area contributed by atoms with Crippen LogP contribution in [0.25, 0.3) is 11.3 Å². The number of nitrogens with zero attached hydrogens (tertiary/aromatic N) is 7. The van der Waals surface area contributed by atoms with Crippen molar-refractivity contribution in [1.29, 1.82) is 0 Å². The number of phenolic OH excluding ortho intramolecular Hbond substituents is 1. The Hall–Kier alpha value is -3.15. The number of likely N-dealkylation sites (N-methyl/N-ethyl adjacent to an activating group) is 1. The van der Waals surface area contributed by atoms with Crippen LogP contribution in [0.5, 0.6) is 5.75 Å². The maximum Gasteiger partial charge on any atom is 0.410 e. The molecule has 250 valence electrons. The Morgan fingerprint density at radius 1 is 1.00 bits per heavy atom. The average Bonchev–Trinajstić information content (AvgIpc) is 3.22. The largest absolute Gasteiger partial charge is 0.507 e. The second-order valence-electron chi connectivity index (χ2n) is 15.7. The molecule has 1 aromatic heterocycles. The van der Waals surface area contributed by atoms with E-state index in [0.717, 1.165) is 70.9 Å². The third-order valence-electron chi connectivity index (χ3n) is 11.5. The predicted octanol–water partition coefficient (Wildman–Crippen LogP) is 3.88. The Balaban J connectivity index is 0.939. The van der Waals surface area contributed by atoms with Gasteiger partial charge in [0, 0.05) is 82.1 Å². The summed E-state index contributed by atoms with van der Waals surface area (Å²) < 4.78 is 5.62. The smallest absolute Gasteiger partial charge is 0.410 e. The molecule has 4 aliphatic heterocycles. The minimum Gasteiger partial charge on any atom is -0.507 e. The number of amides is 1. The van der Waals surface area contributed by atoms with Gasteiger partial charge >= 0.3 is 6.09 Å². The lowest BCUT2D eigenvalue weighted by Gasteiger charge is -2.57. The van der Waals surface area contributed by atoms with E-state index in [1.807, 2.05) is 49.9 Å². The van der Waals surface area contributed by atoms with Crippen LogP contribution in [0.15, 0.2) is 30.3 Å². The minimum absolute atomic E-state index is 0.159. The molecule has 4 saturated heterocycles. The van der Waals surface area contributed by atoms with Gasteiger partial charge in [0.25, 0.3) is 0 Å². The lowest BCUT2D eigenvalue weighted by molar-refractivity contribution is -0.0681. The highest BCUT2D eigenvalue weighted by Gasteiger charge is 2.50. The van der Waals surface area contributed by atoms with E-state index in [4.69, 9.17) is 10.5 Å². The molecule has 1 spiro atoms. The molecule has 1 aromatic carbocycles. The molecule has 3 atom stereocenters. The Bertz CT molecular complexity index is 1400. The quantitative estimate of drug-likeness (QED) is 0.504. The topological polar surface area (TPSA) is 115 Å². The standard InChI is InChI=1S/C35H52N8O3/c1-34(2,3)46-33(45)40-13-11-35(12-14-40)18-26(19-35)41-16-15-39(4)27(22-41)23-43-24-9-10-25(43)21-42(20-24)30-17-29(37-38-32(30)36)28-7-5-6-8-31(28)44/h5-8,17,24-27,44H,9-16,18-23H2,1-4H3,(H2,36,38)/t24?,25?,27-/m1/s1. The van der Waals surface area contributed by atoms with Gasteiger partial charge in [-0.1, -0.05) is 12.1 Å². The number of para-hydroxylation sites is 1. The van der Waals surface area contributed by atoms with Crippen LogP contribution >= 0.6 is 0 Å². The molecule has 11 nitrogen and oxygen atoms in total. The zero-order valence-corrected chi connectivity index (χ0v) is 28.1. The van der Waals surface area contributed by atoms with E-state index in [2.05, 4.69) is 36.8 Å². The summed E-state index contributed by atoms with van der Waals surface area (Å²) in [7, 11) is 2.30. The number of phenols is 1. The number of anilines is 2. The second kappa shape index (κ2) is 12.1. The molecule has 7 rings (SSSR count). The number of hydrogen-bond donors (Lipinski definition) is 2. The predicted molar refractivity (Wildman–Crippen MR) is 180 cm³/mol. The SMILES string of the molecule is CN1CCN(C2CC3(CCN(C(=O)OC(C)(C)C)CC3)C2)C[C@@H]1CN1C2CCC1CN(c1cc(-c3ccccc3O)nnc1N)C2. The number of rotatable bonds is 5. The van der Waals surface area contributed by atoms with Gasteiger partial charge in [-0.3, -0.25) is 14.7 Å². The van der Waals surface area contributed by atoms with Crippen molar-refractivity contribution in [3.63, 3.8) is 0 Å². The van der Waals surface area contributed by atoms with Crippen molar-refractivity contribution in [1.82, 2.24) is 29.8 Å². The molecule has 2 unspecified atom stereocenters. The van der Waals surface area contributed by atoms with E-state index in [9.17, 15) is 9.90 Å². The zero-order chi connectivity index (χ0) is 32.2. The van der Waals surface area contributed by atoms with Crippen LogP contribution in [-0.4, -0.2) is 130 Å². The summed E-state index contributed by atoms with van der Waals surface area (Å²) in [5.74, 6) is 0.646. The number of nitrogen functional groups attached to an aromatic ring is 1. The van der Waals surface area contributed by atoms with E-state index >= 15 is 0 Å². The fraction of sp³-hybridized carbons (Fsp3) is 0.686. The van der Waals surface area contributed by atoms with Crippen molar-refractivity contribution in [2.24, 2.45) is 5.41 Å². The number of carbonyl (C=O) groups is 1. The highest BCUT2D eigenvalue weighted by Crippen LogP contribution is 2.51. The van der Waals surface area contributed by atoms with E-state index in [-0.39, 0.29) is 11.8 Å². The summed E-state index contributed by atoms with van der Waals surface area (Å²) in [4.78, 5) is 25.0. The molecule has 5 aliphatic rings. The molecule has 1 aliphatic carbocycles. The van der Waals surface area contributed by atoms with Crippen molar-refractivity contribution in [2.45, 2.75) is 89.1 Å². The molecule has 5 heterocycles. The third-order valence-corrected chi connectivity index (χ3v) is 11.5. The molecular weight excluding hydrogens is 580 g/mol. The molecule has 1 amide bonds. The normalized spacial score (nSPS) is 27.6. The number of likely N-dealkylation sites (tertiary alicyclic amines) is 1. The molecular formula is C35H52N8O3. The molecule has 1 saturated carbocycles. The van der Waals surface area contributed by atoms with Gasteiger partial charge in [0.2, 0.25) is 0 Å². The van der Waals surface area contributed by atoms with Crippen molar-refractivity contribution in [3.8, 4) is 17.0 Å². The maximum absolute atomic E-state index is 12.6. The van der Waals surface area contributed by atoms with Gasteiger partial charge < -0.3 is 25.4 Å². The van der Waals surface area contributed by atoms with Crippen LogP contribution in [0.4, 0.5) is 16.3 Å². The molecule has 3 N–H and O–H groups in total. The summed E-state index contributed by atoms with van der Waals surface area (Å²) in [6.45, 7) is 13.8. The first-order valence-corrected chi connectivity index (χ1v) is 17.3. The highest BCUT2D eigenvalue weighted by molar-refractivity contribution is 5.74. The average molecular weight is 633 g/mol. The van der Waals surface area contributed by atoms with Crippen LogP contribution in [-0.2, 0) is 4.74 Å². The summed E-state index contributed by atoms with van der Waals surface area (Å²) in [5, 5.41) is 19.0. The number of carbonyl (C=O) groups excluding carboxylic acids is 1. The van der Waals surface area contributed by atoms with Crippen molar-refractivity contribution in [2.75, 3.05) is 70.0 Å². The van der Waals surface area contributed by atoms with Gasteiger partial charge in [-0.25, -0.2) is 4.79 Å². The van der Waals surface area contributed by atoms with Gasteiger partial charge in [-0.2, -0.15) is 0 Å². The summed E-state index contributed by atoms with van der Waals surface area (Å²) in [5.41, 5.74) is 8.58. The first kappa shape index (κ1) is 31.4. The van der Waals surface area contributed by atoms with Crippen LogP contribution in [0, 0.1) is 5.41 Å². The third kappa shape index (κ3) is 6.25. The van der Waals surface area contributed by atoms with Gasteiger partial charge in [0.05, 0.1) is 11.4 Å². The van der Waals surface area contributed by atoms with Gasteiger partial charge in [0.15, 0.2) is 5.82 Å². The van der Waals surface area contributed by atoms with Crippen LogP contribution in [0.2, 0.25) is 0 Å². The summed E-state index contributed by atoms with van der Waals surface area (Å²) >= 11 is 0. The highest BCUT2D eigenvalue weighted by atomic mass is 16.6. The first-order valence-electron chi connectivity index (χ1n) is 17.3. The lowest BCUT2D eigenvalue weighted by Crippen LogP contribution is -2.64. The number of ether oxygens (including phenoxy) is 1. The number of benzene rings is 1. The Morgan fingerprint density at radius 2 is 1.70 bits per heavy atom. The number of hydrogen-bond acceptors (Lipinski definition) is 10. The Kier molecular flexibility index (Phi) is 8.30. The molecule has 2 bridgehead atoms. The maximum atomic E-state index is 12.6. The van der Waals surface area contributed by atoms with Crippen LogP contribution in [0.1, 0.15) is 59.3 Å². The summed E-state index contributed by atoms with van der Waals surface area (Å²) in [6, 6.07) is 11.4. The van der Waals surface area contributed by atoms with Gasteiger partial charge in [-0.15, -0.1) is 10.2 Å². The number of aromatic hydroxyl groups is 1. The number of nitrogens with two attached hydrogens (primary N) is 1. The van der Waals surface area contributed by atoms with E-state index in [1.165, 1.54) is 25.7 Å². The lowest BCUT2D eigenvalue weighted by atomic mass is 9.60. The number of piperazine rings is 2. The fourth-order valence-corrected chi connectivity index (χ4v) is 8.79. The van der Waals surface area contributed by atoms with Crippen molar-refractivity contribution >= 4 is 17.6 Å². The first-order chi connectivity index (χ1) is 22.0.